The number of aromatic nitrogens is 1. The normalized spacial score (nSPS) is 10.5. The van der Waals surface area contributed by atoms with Gasteiger partial charge >= 0.3 is 0 Å². The maximum atomic E-state index is 12.5. The zero-order valence-corrected chi connectivity index (χ0v) is 14.5. The number of fused-ring (bicyclic) bond motifs is 1. The molecule has 4 nitrogen and oxygen atoms in total. The molecule has 0 saturated carbocycles. The minimum absolute atomic E-state index is 0. The molecule has 1 aromatic carbocycles. The topological polar surface area (TPSA) is 68.0 Å². The number of hydrogen-bond acceptors (Lipinski definition) is 3. The number of nitrogens with one attached hydrogen (secondary N) is 1. The van der Waals surface area contributed by atoms with Gasteiger partial charge in [-0.3, -0.25) is 9.78 Å². The van der Waals surface area contributed by atoms with Gasteiger partial charge in [-0.1, -0.05) is 32.0 Å². The first-order valence-corrected chi connectivity index (χ1v) is 7.02. The SMILES string of the molecule is CCC(CC)(CN)NC(=O)c1cccc2cccnc12.Cl.Cl. The van der Waals surface area contributed by atoms with Crippen LogP contribution in [-0.2, 0) is 0 Å². The number of rotatable bonds is 5. The molecule has 0 aliphatic carbocycles. The minimum atomic E-state index is -0.339. The fraction of sp³-hybridized carbons (Fsp3) is 0.375. The second-order valence-corrected chi connectivity index (χ2v) is 5.03. The molecule has 0 fully saturated rings. The number of carbonyl (C=O) groups is 1. The molecule has 0 unspecified atom stereocenters. The molecular weight excluding hydrogens is 321 g/mol. The van der Waals surface area contributed by atoms with Crippen molar-refractivity contribution in [1.82, 2.24) is 10.3 Å². The maximum absolute atomic E-state index is 12.5. The summed E-state index contributed by atoms with van der Waals surface area (Å²) >= 11 is 0. The van der Waals surface area contributed by atoms with Gasteiger partial charge < -0.3 is 11.1 Å². The molecule has 22 heavy (non-hydrogen) atoms. The van der Waals surface area contributed by atoms with Gasteiger partial charge in [-0.15, -0.1) is 24.8 Å². The van der Waals surface area contributed by atoms with Gasteiger partial charge in [0, 0.05) is 18.1 Å². The number of halogens is 2. The van der Waals surface area contributed by atoms with Gasteiger partial charge in [0.15, 0.2) is 0 Å². The Morgan fingerprint density at radius 3 is 2.41 bits per heavy atom. The summed E-state index contributed by atoms with van der Waals surface area (Å²) in [7, 11) is 0. The third kappa shape index (κ3) is 4.09. The zero-order chi connectivity index (χ0) is 14.6. The Morgan fingerprint density at radius 2 is 1.82 bits per heavy atom. The molecule has 6 heteroatoms. The minimum Gasteiger partial charge on any atom is -0.345 e. The van der Waals surface area contributed by atoms with Crippen LogP contribution >= 0.6 is 24.8 Å². The summed E-state index contributed by atoms with van der Waals surface area (Å²) < 4.78 is 0. The van der Waals surface area contributed by atoms with Gasteiger partial charge in [-0.2, -0.15) is 0 Å². The largest absolute Gasteiger partial charge is 0.345 e. The fourth-order valence-corrected chi connectivity index (χ4v) is 2.36. The van der Waals surface area contributed by atoms with E-state index in [0.717, 1.165) is 23.7 Å². The van der Waals surface area contributed by atoms with Crippen LogP contribution in [-0.4, -0.2) is 23.0 Å². The van der Waals surface area contributed by atoms with E-state index in [0.29, 0.717) is 12.1 Å². The number of pyridine rings is 1. The molecule has 1 heterocycles. The summed E-state index contributed by atoms with van der Waals surface area (Å²) in [5.74, 6) is -0.108. The van der Waals surface area contributed by atoms with E-state index < -0.39 is 0 Å². The zero-order valence-electron chi connectivity index (χ0n) is 12.8. The van der Waals surface area contributed by atoms with Gasteiger partial charge in [-0.25, -0.2) is 0 Å². The second-order valence-electron chi connectivity index (χ2n) is 5.03. The third-order valence-corrected chi connectivity index (χ3v) is 4.00. The Labute approximate surface area is 143 Å². The molecule has 1 amide bonds. The molecule has 2 aromatic rings. The summed E-state index contributed by atoms with van der Waals surface area (Å²) in [6.07, 6.45) is 3.32. The van der Waals surface area contributed by atoms with Crippen LogP contribution in [0.15, 0.2) is 36.5 Å². The van der Waals surface area contributed by atoms with E-state index in [1.807, 2.05) is 38.1 Å². The van der Waals surface area contributed by atoms with Crippen molar-refractivity contribution in [1.29, 1.82) is 0 Å². The Hall–Kier alpha value is -1.36. The molecule has 3 N–H and O–H groups in total. The van der Waals surface area contributed by atoms with E-state index in [4.69, 9.17) is 5.73 Å². The molecule has 1 aromatic heterocycles. The molecular formula is C16H23Cl2N3O. The highest BCUT2D eigenvalue weighted by Gasteiger charge is 2.27. The lowest BCUT2D eigenvalue weighted by Crippen LogP contribution is -2.52. The maximum Gasteiger partial charge on any atom is 0.253 e. The van der Waals surface area contributed by atoms with E-state index in [1.165, 1.54) is 0 Å². The van der Waals surface area contributed by atoms with Crippen LogP contribution in [0.3, 0.4) is 0 Å². The van der Waals surface area contributed by atoms with E-state index in [1.54, 1.807) is 12.3 Å². The predicted octanol–water partition coefficient (Wildman–Crippen LogP) is 3.33. The van der Waals surface area contributed by atoms with E-state index in [2.05, 4.69) is 10.3 Å². The van der Waals surface area contributed by atoms with Crippen molar-refractivity contribution in [2.75, 3.05) is 6.54 Å². The number of benzene rings is 1. The first kappa shape index (κ1) is 20.6. The number of amides is 1. The number of nitrogens with zero attached hydrogens (tertiary/aromatic N) is 1. The number of nitrogens with two attached hydrogens (primary N) is 1. The van der Waals surface area contributed by atoms with Gasteiger partial charge in [0.2, 0.25) is 0 Å². The predicted molar refractivity (Wildman–Crippen MR) is 96.1 cm³/mol. The summed E-state index contributed by atoms with van der Waals surface area (Å²) in [6, 6.07) is 9.45. The van der Waals surface area contributed by atoms with Crippen molar-refractivity contribution in [2.45, 2.75) is 32.2 Å². The van der Waals surface area contributed by atoms with Crippen molar-refractivity contribution in [3.8, 4) is 0 Å². The Kier molecular flexibility index (Phi) is 8.38. The van der Waals surface area contributed by atoms with Crippen molar-refractivity contribution in [3.05, 3.63) is 42.1 Å². The number of carbonyl (C=O) groups excluding carboxylic acids is 1. The van der Waals surface area contributed by atoms with Crippen molar-refractivity contribution in [2.24, 2.45) is 5.73 Å². The molecule has 0 radical (unpaired) electrons. The Balaban J connectivity index is 0.00000220. The van der Waals surface area contributed by atoms with Gasteiger partial charge in [0.25, 0.3) is 5.91 Å². The summed E-state index contributed by atoms with van der Waals surface area (Å²) in [5.41, 5.74) is 6.83. The molecule has 0 atom stereocenters. The quantitative estimate of drug-likeness (QED) is 0.874. The molecule has 0 saturated heterocycles. The molecule has 122 valence electrons. The van der Waals surface area contributed by atoms with Crippen LogP contribution in [0.25, 0.3) is 10.9 Å². The van der Waals surface area contributed by atoms with E-state index in [-0.39, 0.29) is 36.3 Å². The summed E-state index contributed by atoms with van der Waals surface area (Å²) in [6.45, 7) is 4.51. The lowest BCUT2D eigenvalue weighted by atomic mass is 9.92. The second kappa shape index (κ2) is 8.93. The van der Waals surface area contributed by atoms with Crippen molar-refractivity contribution >= 4 is 41.6 Å². The van der Waals surface area contributed by atoms with Crippen molar-refractivity contribution in [3.63, 3.8) is 0 Å². The fourth-order valence-electron chi connectivity index (χ4n) is 2.36. The third-order valence-electron chi connectivity index (χ3n) is 4.00. The van der Waals surface area contributed by atoms with Gasteiger partial charge in [0.05, 0.1) is 16.6 Å². The number of para-hydroxylation sites is 1. The van der Waals surface area contributed by atoms with E-state index in [9.17, 15) is 4.79 Å². The van der Waals surface area contributed by atoms with Crippen LogP contribution in [0, 0.1) is 0 Å². The summed E-state index contributed by atoms with van der Waals surface area (Å²) in [4.78, 5) is 16.9. The summed E-state index contributed by atoms with van der Waals surface area (Å²) in [5, 5.41) is 4.05. The molecule has 2 rings (SSSR count). The first-order chi connectivity index (χ1) is 9.65. The Morgan fingerprint density at radius 1 is 1.18 bits per heavy atom. The van der Waals surface area contributed by atoms with Crippen molar-refractivity contribution < 1.29 is 4.79 Å². The van der Waals surface area contributed by atoms with Crippen LogP contribution < -0.4 is 11.1 Å². The lowest BCUT2D eigenvalue weighted by Gasteiger charge is -2.31. The number of hydrogen-bond donors (Lipinski definition) is 2. The average molecular weight is 344 g/mol. The van der Waals surface area contributed by atoms with E-state index >= 15 is 0 Å². The standard InChI is InChI=1S/C16H21N3O.2ClH/c1-3-16(4-2,11-17)19-15(20)13-9-5-7-12-8-6-10-18-14(12)13;;/h5-10H,3-4,11,17H2,1-2H3,(H,19,20);2*1H. The molecule has 0 aliphatic heterocycles. The Bertz CT molecular complexity index is 602. The van der Waals surface area contributed by atoms with Gasteiger partial charge in [-0.05, 0) is 25.0 Å². The lowest BCUT2D eigenvalue weighted by molar-refractivity contribution is 0.0897. The van der Waals surface area contributed by atoms with Crippen LogP contribution in [0.5, 0.6) is 0 Å². The first-order valence-electron chi connectivity index (χ1n) is 7.02. The highest BCUT2D eigenvalue weighted by molar-refractivity contribution is 6.05. The molecule has 0 bridgehead atoms. The average Bonchev–Trinajstić information content (AvgIpc) is 2.52. The monoisotopic (exact) mass is 343 g/mol. The highest BCUT2D eigenvalue weighted by Crippen LogP contribution is 2.19. The molecule has 0 spiro atoms. The molecule has 0 aliphatic rings. The smallest absolute Gasteiger partial charge is 0.253 e. The van der Waals surface area contributed by atoms with Crippen LogP contribution in [0.1, 0.15) is 37.0 Å². The highest BCUT2D eigenvalue weighted by atomic mass is 35.5. The van der Waals surface area contributed by atoms with Crippen LogP contribution in [0.2, 0.25) is 0 Å². The van der Waals surface area contributed by atoms with Gasteiger partial charge in [0.1, 0.15) is 0 Å². The van der Waals surface area contributed by atoms with Crippen LogP contribution in [0.4, 0.5) is 0 Å².